The number of amides is 1. The third kappa shape index (κ3) is 5.10. The number of pyridine rings is 1. The van der Waals surface area contributed by atoms with E-state index in [0.717, 1.165) is 5.69 Å². The van der Waals surface area contributed by atoms with Crippen LogP contribution in [0.4, 0.5) is 13.2 Å². The number of aromatic nitrogens is 1. The Labute approximate surface area is 165 Å². The van der Waals surface area contributed by atoms with E-state index in [2.05, 4.69) is 4.74 Å². The van der Waals surface area contributed by atoms with Gasteiger partial charge in [0.1, 0.15) is 23.2 Å². The van der Waals surface area contributed by atoms with Crippen molar-refractivity contribution in [1.82, 2.24) is 9.47 Å². The molecule has 9 heteroatoms. The summed E-state index contributed by atoms with van der Waals surface area (Å²) < 4.78 is 48.1. The molecule has 0 bridgehead atoms. The van der Waals surface area contributed by atoms with Crippen LogP contribution in [0.15, 0.2) is 41.2 Å². The Balaban J connectivity index is 1.60. The number of nitrogens with zero attached hydrogens (tertiary/aromatic N) is 2. The molecule has 3 rings (SSSR count). The van der Waals surface area contributed by atoms with Crippen LogP contribution >= 0.6 is 0 Å². The molecule has 6 nitrogen and oxygen atoms in total. The number of alkyl halides is 3. The van der Waals surface area contributed by atoms with Gasteiger partial charge in [-0.05, 0) is 31.2 Å². The molecule has 2 aromatic rings. The highest BCUT2D eigenvalue weighted by Crippen LogP contribution is 2.27. The number of likely N-dealkylation sites (tertiary alicyclic amines) is 1. The molecule has 156 valence electrons. The van der Waals surface area contributed by atoms with E-state index in [0.29, 0.717) is 25.9 Å². The van der Waals surface area contributed by atoms with Gasteiger partial charge in [-0.2, -0.15) is 0 Å². The first kappa shape index (κ1) is 20.8. The average molecular weight is 410 g/mol. The van der Waals surface area contributed by atoms with Gasteiger partial charge in [-0.3, -0.25) is 9.59 Å². The molecule has 1 aromatic carbocycles. The maximum absolute atomic E-state index is 12.7. The summed E-state index contributed by atoms with van der Waals surface area (Å²) in [5.41, 5.74) is 0.541. The Kier molecular flexibility index (Phi) is 5.86. The molecule has 0 saturated carbocycles. The molecule has 0 spiro atoms. The molecular weight excluding hydrogens is 389 g/mol. The van der Waals surface area contributed by atoms with Gasteiger partial charge >= 0.3 is 6.36 Å². The quantitative estimate of drug-likeness (QED) is 0.776. The number of hydrogen-bond acceptors (Lipinski definition) is 4. The number of aryl methyl sites for hydroxylation is 1. The fourth-order valence-corrected chi connectivity index (χ4v) is 3.17. The van der Waals surface area contributed by atoms with E-state index in [4.69, 9.17) is 4.74 Å². The van der Waals surface area contributed by atoms with Crippen molar-refractivity contribution >= 4 is 5.91 Å². The van der Waals surface area contributed by atoms with E-state index in [9.17, 15) is 22.8 Å². The zero-order chi connectivity index (χ0) is 21.2. The Morgan fingerprint density at radius 2 is 1.76 bits per heavy atom. The Morgan fingerprint density at radius 3 is 2.41 bits per heavy atom. The van der Waals surface area contributed by atoms with Gasteiger partial charge in [-0.1, -0.05) is 6.07 Å². The number of piperidine rings is 1. The van der Waals surface area contributed by atoms with Crippen LogP contribution in [0.1, 0.15) is 28.9 Å². The van der Waals surface area contributed by atoms with Crippen LogP contribution in [0.3, 0.4) is 0 Å². The van der Waals surface area contributed by atoms with Crippen LogP contribution in [0.2, 0.25) is 0 Å². The van der Waals surface area contributed by atoms with E-state index < -0.39 is 6.36 Å². The third-order valence-electron chi connectivity index (χ3n) is 4.86. The number of hydrogen-bond donors (Lipinski definition) is 0. The predicted octanol–water partition coefficient (Wildman–Crippen LogP) is 3.28. The fourth-order valence-electron chi connectivity index (χ4n) is 3.17. The maximum atomic E-state index is 12.7. The molecule has 2 heterocycles. The number of benzene rings is 1. The molecule has 0 unspecified atom stereocenters. The molecule has 0 atom stereocenters. The van der Waals surface area contributed by atoms with Crippen molar-refractivity contribution in [3.63, 3.8) is 0 Å². The van der Waals surface area contributed by atoms with Crippen molar-refractivity contribution in [3.8, 4) is 11.5 Å². The van der Waals surface area contributed by atoms with E-state index >= 15 is 0 Å². The number of halogens is 3. The predicted molar refractivity (Wildman–Crippen MR) is 99.1 cm³/mol. The zero-order valence-electron chi connectivity index (χ0n) is 16.0. The maximum Gasteiger partial charge on any atom is 0.573 e. The molecular formula is C20H21F3N2O4. The minimum atomic E-state index is -4.77. The van der Waals surface area contributed by atoms with E-state index in [1.165, 1.54) is 28.8 Å². The second-order valence-corrected chi connectivity index (χ2v) is 6.88. The average Bonchev–Trinajstić information content (AvgIpc) is 2.65. The second-order valence-electron chi connectivity index (χ2n) is 6.88. The molecule has 0 N–H and O–H groups in total. The number of ether oxygens (including phenoxy) is 2. The summed E-state index contributed by atoms with van der Waals surface area (Å²) >= 11 is 0. The van der Waals surface area contributed by atoms with Crippen LogP contribution in [-0.4, -0.2) is 40.9 Å². The molecule has 1 fully saturated rings. The van der Waals surface area contributed by atoms with Gasteiger partial charge < -0.3 is 18.9 Å². The largest absolute Gasteiger partial charge is 0.573 e. The van der Waals surface area contributed by atoms with Crippen molar-refractivity contribution in [2.45, 2.75) is 32.2 Å². The summed E-state index contributed by atoms with van der Waals surface area (Å²) in [5, 5.41) is 0. The lowest BCUT2D eigenvalue weighted by atomic mass is 10.1. The smallest absolute Gasteiger partial charge is 0.490 e. The van der Waals surface area contributed by atoms with Crippen LogP contribution in [-0.2, 0) is 7.05 Å². The normalized spacial score (nSPS) is 15.3. The lowest BCUT2D eigenvalue weighted by Gasteiger charge is -2.32. The molecule has 1 amide bonds. The monoisotopic (exact) mass is 410 g/mol. The molecule has 1 aliphatic heterocycles. The van der Waals surface area contributed by atoms with Crippen LogP contribution in [0, 0.1) is 6.92 Å². The third-order valence-corrected chi connectivity index (χ3v) is 4.86. The van der Waals surface area contributed by atoms with Gasteiger partial charge in [-0.15, -0.1) is 13.2 Å². The Hall–Kier alpha value is -2.97. The summed E-state index contributed by atoms with van der Waals surface area (Å²) in [7, 11) is 1.62. The van der Waals surface area contributed by atoms with Gasteiger partial charge in [0.25, 0.3) is 11.5 Å². The number of rotatable bonds is 4. The van der Waals surface area contributed by atoms with Gasteiger partial charge in [0.2, 0.25) is 0 Å². The summed E-state index contributed by atoms with van der Waals surface area (Å²) in [6.45, 7) is 2.56. The van der Waals surface area contributed by atoms with Crippen molar-refractivity contribution in [1.29, 1.82) is 0 Å². The molecule has 1 aliphatic rings. The molecule has 1 saturated heterocycles. The van der Waals surface area contributed by atoms with Gasteiger partial charge in [0.05, 0.1) is 0 Å². The van der Waals surface area contributed by atoms with Crippen LogP contribution in [0.5, 0.6) is 11.5 Å². The SMILES string of the molecule is Cc1ccc(C(=O)N2CCC(Oc3cccc(OC(F)(F)F)c3)CC2)c(=O)n1C. The van der Waals surface area contributed by atoms with E-state index in [-0.39, 0.29) is 34.6 Å². The first-order chi connectivity index (χ1) is 13.6. The minimum Gasteiger partial charge on any atom is -0.490 e. The highest BCUT2D eigenvalue weighted by atomic mass is 19.4. The highest BCUT2D eigenvalue weighted by Gasteiger charge is 2.31. The first-order valence-corrected chi connectivity index (χ1v) is 9.12. The van der Waals surface area contributed by atoms with Crippen molar-refractivity contribution in [2.75, 3.05) is 13.1 Å². The molecule has 0 aliphatic carbocycles. The van der Waals surface area contributed by atoms with Crippen molar-refractivity contribution in [2.24, 2.45) is 7.05 Å². The molecule has 29 heavy (non-hydrogen) atoms. The van der Waals surface area contributed by atoms with E-state index in [1.54, 1.807) is 31.0 Å². The summed E-state index contributed by atoms with van der Waals surface area (Å²) in [5.74, 6) is -0.411. The molecule has 0 radical (unpaired) electrons. The second kappa shape index (κ2) is 8.18. The highest BCUT2D eigenvalue weighted by molar-refractivity contribution is 5.93. The number of carbonyl (C=O) groups excluding carboxylic acids is 1. The zero-order valence-corrected chi connectivity index (χ0v) is 16.0. The van der Waals surface area contributed by atoms with Gasteiger partial charge in [0, 0.05) is 44.7 Å². The van der Waals surface area contributed by atoms with Crippen molar-refractivity contribution < 1.29 is 27.4 Å². The number of carbonyl (C=O) groups is 1. The van der Waals surface area contributed by atoms with Crippen LogP contribution < -0.4 is 15.0 Å². The molecule has 1 aromatic heterocycles. The topological polar surface area (TPSA) is 60.8 Å². The van der Waals surface area contributed by atoms with E-state index in [1.807, 2.05) is 0 Å². The lowest BCUT2D eigenvalue weighted by Crippen LogP contribution is -2.43. The lowest BCUT2D eigenvalue weighted by molar-refractivity contribution is -0.274. The summed E-state index contributed by atoms with van der Waals surface area (Å²) in [6, 6.07) is 8.61. The van der Waals surface area contributed by atoms with Crippen LogP contribution in [0.25, 0.3) is 0 Å². The standard InChI is InChI=1S/C20H21F3N2O4/c1-13-6-7-17(18(26)24(13)2)19(27)25-10-8-14(9-11-25)28-15-4-3-5-16(12-15)29-20(21,22)23/h3-7,12,14H,8-11H2,1-2H3. The summed E-state index contributed by atoms with van der Waals surface area (Å²) in [4.78, 5) is 26.6. The Morgan fingerprint density at radius 1 is 1.10 bits per heavy atom. The minimum absolute atomic E-state index is 0.120. The van der Waals surface area contributed by atoms with Gasteiger partial charge in [-0.25, -0.2) is 0 Å². The fraction of sp³-hybridized carbons (Fsp3) is 0.400. The Bertz CT molecular complexity index is 947. The first-order valence-electron chi connectivity index (χ1n) is 9.12. The van der Waals surface area contributed by atoms with Crippen molar-refractivity contribution in [3.05, 3.63) is 58.0 Å². The summed E-state index contributed by atoms with van der Waals surface area (Å²) in [6.07, 6.45) is -4.01. The van der Waals surface area contributed by atoms with Gasteiger partial charge in [0.15, 0.2) is 0 Å².